The Morgan fingerprint density at radius 1 is 0.952 bits per heavy atom. The smallest absolute Gasteiger partial charge is 0.0658 e. The van der Waals surface area contributed by atoms with Gasteiger partial charge >= 0.3 is 0 Å². The summed E-state index contributed by atoms with van der Waals surface area (Å²) in [7, 11) is 0. The molecule has 2 nitrogen and oxygen atoms in total. The number of hydrogen-bond acceptors (Lipinski definition) is 2. The molecule has 0 aromatic heterocycles. The minimum Gasteiger partial charge on any atom is -0.393 e. The highest BCUT2D eigenvalue weighted by Gasteiger charge is 2.56. The molecule has 4 aliphatic rings. The first-order valence-corrected chi connectivity index (χ1v) is 9.21. The van der Waals surface area contributed by atoms with E-state index >= 15 is 0 Å². The molecule has 0 unspecified atom stereocenters. The number of nitriles is 1. The Bertz CT molecular complexity index is 455. The minimum atomic E-state index is -0.0367. The van der Waals surface area contributed by atoms with Gasteiger partial charge in [0.05, 0.1) is 12.2 Å². The predicted octanol–water partition coefficient (Wildman–Crippen LogP) is 4.14. The monoisotopic (exact) mass is 287 g/mol. The molecule has 0 bridgehead atoms. The molecule has 1 N–H and O–H groups in total. The lowest BCUT2D eigenvalue weighted by atomic mass is 9.47. The van der Waals surface area contributed by atoms with Crippen molar-refractivity contribution < 1.29 is 5.11 Å². The van der Waals surface area contributed by atoms with Crippen molar-refractivity contribution in [3.8, 4) is 6.07 Å². The van der Waals surface area contributed by atoms with E-state index in [-0.39, 0.29) is 6.10 Å². The fourth-order valence-electron chi connectivity index (χ4n) is 7.05. The molecule has 21 heavy (non-hydrogen) atoms. The summed E-state index contributed by atoms with van der Waals surface area (Å²) < 4.78 is 0. The summed E-state index contributed by atoms with van der Waals surface area (Å²) in [6.07, 6.45) is 11.1. The van der Waals surface area contributed by atoms with Gasteiger partial charge in [0, 0.05) is 5.92 Å². The number of aliphatic hydroxyl groups is 1. The van der Waals surface area contributed by atoms with Crippen LogP contribution in [0.4, 0.5) is 0 Å². The molecule has 4 aliphatic carbocycles. The number of hydrogen-bond donors (Lipinski definition) is 1. The molecule has 8 atom stereocenters. The quantitative estimate of drug-likeness (QED) is 0.727. The summed E-state index contributed by atoms with van der Waals surface area (Å²) in [5.74, 6) is 4.44. The van der Waals surface area contributed by atoms with Crippen molar-refractivity contribution in [3.63, 3.8) is 0 Å². The summed E-state index contributed by atoms with van der Waals surface area (Å²) in [6.45, 7) is 2.54. The summed E-state index contributed by atoms with van der Waals surface area (Å²) in [6, 6.07) is 2.60. The third kappa shape index (κ3) is 2.00. The average Bonchev–Trinajstić information content (AvgIpc) is 2.91. The van der Waals surface area contributed by atoms with Crippen LogP contribution in [0.3, 0.4) is 0 Å². The van der Waals surface area contributed by atoms with Gasteiger partial charge in [0.25, 0.3) is 0 Å². The third-order valence-corrected chi connectivity index (χ3v) is 8.12. The van der Waals surface area contributed by atoms with Crippen LogP contribution in [0.25, 0.3) is 0 Å². The van der Waals surface area contributed by atoms with Crippen LogP contribution >= 0.6 is 0 Å². The highest BCUT2D eigenvalue weighted by molar-refractivity contribution is 5.08. The Kier molecular flexibility index (Phi) is 3.34. The van der Waals surface area contributed by atoms with Crippen LogP contribution in [-0.2, 0) is 0 Å². The Hall–Kier alpha value is -0.550. The third-order valence-electron chi connectivity index (χ3n) is 8.12. The number of rotatable bonds is 0. The minimum absolute atomic E-state index is 0.0367. The Morgan fingerprint density at radius 2 is 1.71 bits per heavy atom. The Morgan fingerprint density at radius 3 is 2.52 bits per heavy atom. The molecule has 0 heterocycles. The molecule has 0 aromatic carbocycles. The zero-order chi connectivity index (χ0) is 14.6. The number of aliphatic hydroxyl groups excluding tert-OH is 1. The van der Waals surface area contributed by atoms with Gasteiger partial charge < -0.3 is 5.11 Å². The number of fused-ring (bicyclic) bond motifs is 5. The maximum atomic E-state index is 10.0. The second kappa shape index (κ2) is 4.98. The van der Waals surface area contributed by atoms with E-state index < -0.39 is 0 Å². The molecule has 4 saturated carbocycles. The van der Waals surface area contributed by atoms with E-state index in [1.54, 1.807) is 0 Å². The molecule has 0 aliphatic heterocycles. The predicted molar refractivity (Wildman–Crippen MR) is 82.2 cm³/mol. The fraction of sp³-hybridized carbons (Fsp3) is 0.947. The summed E-state index contributed by atoms with van der Waals surface area (Å²) in [5.41, 5.74) is 0.484. The van der Waals surface area contributed by atoms with Gasteiger partial charge in [-0.25, -0.2) is 0 Å². The topological polar surface area (TPSA) is 44.0 Å². The van der Waals surface area contributed by atoms with E-state index in [0.717, 1.165) is 42.9 Å². The van der Waals surface area contributed by atoms with E-state index in [0.29, 0.717) is 17.3 Å². The van der Waals surface area contributed by atoms with Gasteiger partial charge in [0.15, 0.2) is 0 Å². The average molecular weight is 287 g/mol. The van der Waals surface area contributed by atoms with Gasteiger partial charge in [0.1, 0.15) is 0 Å². The van der Waals surface area contributed by atoms with E-state index in [4.69, 9.17) is 0 Å². The molecule has 0 radical (unpaired) electrons. The molecule has 0 amide bonds. The van der Waals surface area contributed by atoms with Crippen molar-refractivity contribution in [2.75, 3.05) is 0 Å². The maximum Gasteiger partial charge on any atom is 0.0658 e. The first-order chi connectivity index (χ1) is 10.1. The van der Waals surface area contributed by atoms with Gasteiger partial charge in [-0.2, -0.15) is 5.26 Å². The highest BCUT2D eigenvalue weighted by Crippen LogP contribution is 2.63. The van der Waals surface area contributed by atoms with Gasteiger partial charge in [-0.3, -0.25) is 0 Å². The second-order valence-electron chi connectivity index (χ2n) is 8.70. The molecular weight excluding hydrogens is 258 g/mol. The first-order valence-electron chi connectivity index (χ1n) is 9.21. The number of nitrogens with zero attached hydrogens (tertiary/aromatic N) is 1. The van der Waals surface area contributed by atoms with Crippen LogP contribution in [0, 0.1) is 52.3 Å². The van der Waals surface area contributed by atoms with Crippen LogP contribution in [0.2, 0.25) is 0 Å². The van der Waals surface area contributed by atoms with Crippen molar-refractivity contribution >= 4 is 0 Å². The summed E-state index contributed by atoms with van der Waals surface area (Å²) in [5, 5.41) is 19.4. The molecule has 0 aromatic rings. The molecule has 0 saturated heterocycles. The van der Waals surface area contributed by atoms with E-state index in [9.17, 15) is 10.4 Å². The lowest BCUT2D eigenvalue weighted by Gasteiger charge is -2.58. The van der Waals surface area contributed by atoms with Crippen LogP contribution in [-0.4, -0.2) is 11.2 Å². The maximum absolute atomic E-state index is 10.0. The lowest BCUT2D eigenvalue weighted by Crippen LogP contribution is -2.51. The highest BCUT2D eigenvalue weighted by atomic mass is 16.3. The Labute approximate surface area is 128 Å². The summed E-state index contributed by atoms with van der Waals surface area (Å²) >= 11 is 0. The van der Waals surface area contributed by atoms with E-state index in [2.05, 4.69) is 13.0 Å². The van der Waals surface area contributed by atoms with Gasteiger partial charge in [-0.1, -0.05) is 6.92 Å². The molecule has 4 fully saturated rings. The molecule has 116 valence electrons. The molecule has 0 spiro atoms. The summed E-state index contributed by atoms with van der Waals surface area (Å²) in [4.78, 5) is 0. The second-order valence-corrected chi connectivity index (χ2v) is 8.70. The van der Waals surface area contributed by atoms with Crippen molar-refractivity contribution in [1.29, 1.82) is 5.26 Å². The standard InChI is InChI=1S/C19H29NO/c1-19-9-8-14(21)10-13(19)3-5-17-16-4-2-12(11-20)15(16)6-7-18(17)19/h12-18,21H,2-10H2,1H3/t12-,13+,14-,15-,16-,17+,18+,19+/m1/s1. The first kappa shape index (κ1) is 14.1. The van der Waals surface area contributed by atoms with Crippen molar-refractivity contribution in [3.05, 3.63) is 0 Å². The van der Waals surface area contributed by atoms with Gasteiger partial charge in [-0.15, -0.1) is 0 Å². The van der Waals surface area contributed by atoms with Crippen LogP contribution in [0.5, 0.6) is 0 Å². The van der Waals surface area contributed by atoms with Crippen LogP contribution in [0.1, 0.15) is 64.7 Å². The van der Waals surface area contributed by atoms with E-state index in [1.807, 2.05) is 0 Å². The van der Waals surface area contributed by atoms with Gasteiger partial charge in [0.2, 0.25) is 0 Å². The van der Waals surface area contributed by atoms with E-state index in [1.165, 1.54) is 38.5 Å². The fourth-order valence-corrected chi connectivity index (χ4v) is 7.05. The van der Waals surface area contributed by atoms with Crippen molar-refractivity contribution in [1.82, 2.24) is 0 Å². The van der Waals surface area contributed by atoms with Crippen molar-refractivity contribution in [2.45, 2.75) is 70.8 Å². The van der Waals surface area contributed by atoms with Gasteiger partial charge in [-0.05, 0) is 92.8 Å². The zero-order valence-corrected chi connectivity index (χ0v) is 13.3. The largest absolute Gasteiger partial charge is 0.393 e. The molecular formula is C19H29NO. The lowest BCUT2D eigenvalue weighted by molar-refractivity contribution is -0.107. The molecule has 4 rings (SSSR count). The Balaban J connectivity index is 1.58. The van der Waals surface area contributed by atoms with Crippen LogP contribution in [0.15, 0.2) is 0 Å². The SMILES string of the molecule is C[C@]12CC[C@@H](O)C[C@@H]1CC[C@H]1[C@@H]3CC[C@H](C#N)[C@H]3CC[C@@H]12. The van der Waals surface area contributed by atoms with Crippen LogP contribution < -0.4 is 0 Å². The normalized spacial score (nSPS) is 56.0. The zero-order valence-electron chi connectivity index (χ0n) is 13.3. The van der Waals surface area contributed by atoms with Crippen molar-refractivity contribution in [2.24, 2.45) is 40.9 Å². The molecule has 2 heteroatoms.